The van der Waals surface area contributed by atoms with Gasteiger partial charge in [0.2, 0.25) is 0 Å². The van der Waals surface area contributed by atoms with E-state index in [1.807, 2.05) is 12.3 Å². The van der Waals surface area contributed by atoms with Crippen molar-refractivity contribution in [2.45, 2.75) is 124 Å². The molecule has 0 aliphatic carbocycles. The number of fused-ring (bicyclic) bond motifs is 3. The largest absolute Gasteiger partial charge is 0.509 e. The summed E-state index contributed by atoms with van der Waals surface area (Å²) in [5.41, 5.74) is 13.5. The number of ether oxygens (including phenoxy) is 3. The summed E-state index contributed by atoms with van der Waals surface area (Å²) >= 11 is 0. The van der Waals surface area contributed by atoms with Gasteiger partial charge in [-0.3, -0.25) is 4.90 Å². The van der Waals surface area contributed by atoms with Crippen molar-refractivity contribution >= 4 is 50.2 Å². The third-order valence-electron chi connectivity index (χ3n) is 14.9. The van der Waals surface area contributed by atoms with Crippen LogP contribution in [0.1, 0.15) is 130 Å². The molecular weight excluding hydrogens is 1070 g/mol. The molecular formula is C63H62N5O3Pt-3. The van der Waals surface area contributed by atoms with Crippen LogP contribution in [0.4, 0.5) is 28.4 Å². The number of hydrogen-bond donors (Lipinski definition) is 0. The average Bonchev–Trinajstić information content (AvgIpc) is 3.93. The predicted molar refractivity (Wildman–Crippen MR) is 289 cm³/mol. The molecule has 0 saturated heterocycles. The summed E-state index contributed by atoms with van der Waals surface area (Å²) in [6, 6.07) is 42.0. The predicted octanol–water partition coefficient (Wildman–Crippen LogP) is 17.0. The van der Waals surface area contributed by atoms with Crippen molar-refractivity contribution in [3.05, 3.63) is 168 Å². The monoisotopic (exact) mass is 1130 g/mol. The van der Waals surface area contributed by atoms with Crippen LogP contribution in [0.25, 0.3) is 27.6 Å². The van der Waals surface area contributed by atoms with E-state index in [0.29, 0.717) is 11.5 Å². The van der Waals surface area contributed by atoms with Crippen LogP contribution in [0.2, 0.25) is 0 Å². The van der Waals surface area contributed by atoms with Crippen molar-refractivity contribution in [3.63, 3.8) is 0 Å². The fraction of sp³-hybridized carbons (Fsp3) is 0.302. The third kappa shape index (κ3) is 7.61. The van der Waals surface area contributed by atoms with Crippen LogP contribution in [0, 0.1) is 18.8 Å². The maximum Gasteiger partial charge on any atom is 0.157 e. The second-order valence-corrected chi connectivity index (χ2v) is 24.5. The standard InChI is InChI=1S/C63H62N5O3.Pt/c1-59(2,3)37-21-22-64-55(31-37)67-49-18-16-15-17-45(49)46-20-19-43(35-50(46)67)69-44-26-38(60(4,5)6)25-41(32-44)65-23-24-66(36-65)42-33-53-58-54(34-42)71-52-30-40(62(10,11)12)28-48-57(52)68(58)56-47(63(48,13)14)27-39(61(7,8)9)29-51(56)70-53;/h15-31,33-34,36H,1-14H3;/q-3;. The van der Waals surface area contributed by atoms with Gasteiger partial charge in [0.1, 0.15) is 11.5 Å². The number of benzene rings is 6. The molecule has 6 heterocycles. The second-order valence-electron chi connectivity index (χ2n) is 24.5. The van der Waals surface area contributed by atoms with Crippen LogP contribution in [-0.2, 0) is 48.1 Å². The van der Waals surface area contributed by atoms with Crippen molar-refractivity contribution in [1.82, 2.24) is 9.55 Å². The van der Waals surface area contributed by atoms with Gasteiger partial charge >= 0.3 is 0 Å². The van der Waals surface area contributed by atoms with Gasteiger partial charge in [-0.25, -0.2) is 4.98 Å². The molecule has 4 aliphatic rings. The Hall–Kier alpha value is -6.50. The van der Waals surface area contributed by atoms with Crippen LogP contribution in [0.3, 0.4) is 0 Å². The Balaban J connectivity index is 0.00000560. The number of rotatable bonds is 5. The van der Waals surface area contributed by atoms with Gasteiger partial charge in [-0.15, -0.1) is 53.6 Å². The zero-order valence-corrected chi connectivity index (χ0v) is 46.1. The van der Waals surface area contributed by atoms with Gasteiger partial charge in [0, 0.05) is 67.5 Å². The van der Waals surface area contributed by atoms with Gasteiger partial charge < -0.3 is 28.6 Å². The van der Waals surface area contributed by atoms with Crippen LogP contribution in [0.5, 0.6) is 34.5 Å². The molecule has 0 fully saturated rings. The summed E-state index contributed by atoms with van der Waals surface area (Å²) in [6.45, 7) is 33.8. The van der Waals surface area contributed by atoms with Gasteiger partial charge in [0.25, 0.3) is 0 Å². The van der Waals surface area contributed by atoms with Crippen molar-refractivity contribution in [1.29, 1.82) is 0 Å². The molecule has 0 N–H and O–H groups in total. The second kappa shape index (κ2) is 16.0. The first-order valence-electron chi connectivity index (χ1n) is 24.9. The summed E-state index contributed by atoms with van der Waals surface area (Å²) in [6.07, 6.45) is 6.03. The molecule has 0 spiro atoms. The molecule has 4 aliphatic heterocycles. The topological polar surface area (TPSA) is 55.2 Å². The molecule has 8 nitrogen and oxygen atoms in total. The van der Waals surface area contributed by atoms with Gasteiger partial charge in [-0.2, -0.15) is 6.07 Å². The Morgan fingerprint density at radius 2 is 1.12 bits per heavy atom. The average molecular weight is 1130 g/mol. The molecule has 9 heteroatoms. The van der Waals surface area contributed by atoms with Crippen LogP contribution in [-0.4, -0.2) is 9.55 Å². The Morgan fingerprint density at radius 3 is 1.74 bits per heavy atom. The molecule has 0 amide bonds. The smallest absolute Gasteiger partial charge is 0.157 e. The van der Waals surface area contributed by atoms with E-state index in [2.05, 4.69) is 238 Å². The number of anilines is 5. The summed E-state index contributed by atoms with van der Waals surface area (Å²) in [5, 5.41) is 2.22. The Labute approximate surface area is 439 Å². The Morgan fingerprint density at radius 1 is 0.556 bits per heavy atom. The summed E-state index contributed by atoms with van der Waals surface area (Å²) in [5.74, 6) is 5.27. The van der Waals surface area contributed by atoms with Crippen molar-refractivity contribution in [2.24, 2.45) is 0 Å². The molecule has 8 aromatic rings. The number of aromatic nitrogens is 2. The van der Waals surface area contributed by atoms with E-state index >= 15 is 0 Å². The van der Waals surface area contributed by atoms with E-state index in [4.69, 9.17) is 19.2 Å². The number of hydrogen-bond acceptors (Lipinski definition) is 7. The maximum absolute atomic E-state index is 7.06. The minimum atomic E-state index is -0.302. The van der Waals surface area contributed by atoms with Crippen LogP contribution >= 0.6 is 0 Å². The quantitative estimate of drug-likeness (QED) is 0.159. The fourth-order valence-corrected chi connectivity index (χ4v) is 10.6. The summed E-state index contributed by atoms with van der Waals surface area (Å²) < 4.78 is 23.1. The van der Waals surface area contributed by atoms with Crippen LogP contribution < -0.4 is 28.9 Å². The first-order valence-corrected chi connectivity index (χ1v) is 24.9. The zero-order chi connectivity index (χ0) is 49.9. The van der Waals surface area contributed by atoms with E-state index in [1.54, 1.807) is 0 Å². The fourth-order valence-electron chi connectivity index (χ4n) is 10.6. The van der Waals surface area contributed by atoms with Gasteiger partial charge in [-0.1, -0.05) is 133 Å². The molecule has 2 aromatic heterocycles. The molecule has 12 rings (SSSR count). The molecule has 72 heavy (non-hydrogen) atoms. The zero-order valence-electron chi connectivity index (χ0n) is 43.8. The molecule has 0 bridgehead atoms. The van der Waals surface area contributed by atoms with E-state index in [0.717, 1.165) is 84.6 Å². The maximum atomic E-state index is 7.06. The van der Waals surface area contributed by atoms with E-state index in [-0.39, 0.29) is 48.1 Å². The minimum absolute atomic E-state index is 0. The number of nitrogens with zero attached hydrogens (tertiary/aromatic N) is 5. The van der Waals surface area contributed by atoms with Crippen molar-refractivity contribution < 1.29 is 35.3 Å². The molecule has 0 radical (unpaired) electrons. The van der Waals surface area contributed by atoms with E-state index in [9.17, 15) is 0 Å². The summed E-state index contributed by atoms with van der Waals surface area (Å²) in [4.78, 5) is 11.5. The Bertz CT molecular complexity index is 3500. The Kier molecular flexibility index (Phi) is 10.6. The first kappa shape index (κ1) is 47.8. The molecule has 0 atom stereocenters. The minimum Gasteiger partial charge on any atom is -0.509 e. The molecule has 0 saturated carbocycles. The molecule has 370 valence electrons. The number of para-hydroxylation sites is 1. The van der Waals surface area contributed by atoms with Crippen LogP contribution in [0.15, 0.2) is 116 Å². The van der Waals surface area contributed by atoms with Crippen molar-refractivity contribution in [2.75, 3.05) is 14.7 Å². The third-order valence-corrected chi connectivity index (χ3v) is 14.9. The summed E-state index contributed by atoms with van der Waals surface area (Å²) in [7, 11) is 0. The SMILES string of the molecule is CC(C)(C)c1cc(Oc2[c-]c3c(cc2)c2ccccc2n3-c2cc(C(C)(C)C)ccn2)[c-]c(N2C=CN(c3cc4c5c(c3)Oc3cc(C(C)(C)C)cc6c3N5c3c(cc(C(C)(C)C)cc3C6(C)C)O4)[CH-]2)c1.[Pt]. The molecule has 0 unspecified atom stereocenters. The van der Waals surface area contributed by atoms with Crippen molar-refractivity contribution in [3.8, 4) is 40.3 Å². The first-order chi connectivity index (χ1) is 33.4. The van der Waals surface area contributed by atoms with Gasteiger partial charge in [0.05, 0.1) is 11.4 Å². The molecule has 6 aromatic carbocycles. The van der Waals surface area contributed by atoms with Gasteiger partial charge in [0.15, 0.2) is 23.0 Å². The van der Waals surface area contributed by atoms with E-state index < -0.39 is 0 Å². The normalized spacial score (nSPS) is 15.4. The van der Waals surface area contributed by atoms with E-state index in [1.165, 1.54) is 27.8 Å². The van der Waals surface area contributed by atoms with Gasteiger partial charge in [-0.05, 0) is 97.6 Å². The number of pyridine rings is 1.